The SMILES string of the molecule is CCc1ccccc1NC(=O)c1nc(C(=O)NC(C)C)n2c1CCCC2. The van der Waals surface area contributed by atoms with Gasteiger partial charge in [0, 0.05) is 18.3 Å². The lowest BCUT2D eigenvalue weighted by atomic mass is 10.1. The molecule has 2 aromatic rings. The van der Waals surface area contributed by atoms with Gasteiger partial charge in [-0.2, -0.15) is 0 Å². The molecule has 1 aliphatic rings. The molecule has 6 nitrogen and oxygen atoms in total. The molecule has 0 aliphatic carbocycles. The molecule has 0 radical (unpaired) electrons. The Balaban J connectivity index is 1.93. The van der Waals surface area contributed by atoms with E-state index in [0.29, 0.717) is 11.5 Å². The first-order chi connectivity index (χ1) is 12.5. The Bertz CT molecular complexity index is 823. The topological polar surface area (TPSA) is 76.0 Å². The molecule has 0 saturated carbocycles. The highest BCUT2D eigenvalue weighted by atomic mass is 16.2. The molecule has 0 unspecified atom stereocenters. The number of aromatic nitrogens is 2. The van der Waals surface area contributed by atoms with E-state index >= 15 is 0 Å². The summed E-state index contributed by atoms with van der Waals surface area (Å²) < 4.78 is 1.90. The Hall–Kier alpha value is -2.63. The maximum atomic E-state index is 12.9. The molecule has 1 aromatic heterocycles. The lowest BCUT2D eigenvalue weighted by molar-refractivity contribution is 0.0927. The Morgan fingerprint density at radius 3 is 2.69 bits per heavy atom. The Morgan fingerprint density at radius 1 is 1.19 bits per heavy atom. The average molecular weight is 354 g/mol. The van der Waals surface area contributed by atoms with Crippen LogP contribution in [0.15, 0.2) is 24.3 Å². The van der Waals surface area contributed by atoms with Crippen LogP contribution in [0.5, 0.6) is 0 Å². The van der Waals surface area contributed by atoms with Gasteiger partial charge in [0.25, 0.3) is 11.8 Å². The van der Waals surface area contributed by atoms with Gasteiger partial charge in [0.05, 0.1) is 5.69 Å². The maximum Gasteiger partial charge on any atom is 0.287 e. The van der Waals surface area contributed by atoms with Gasteiger partial charge in [0.2, 0.25) is 0 Å². The number of para-hydroxylation sites is 1. The quantitative estimate of drug-likeness (QED) is 0.866. The summed E-state index contributed by atoms with van der Waals surface area (Å²) >= 11 is 0. The molecule has 0 atom stereocenters. The zero-order valence-corrected chi connectivity index (χ0v) is 15.6. The predicted molar refractivity (Wildman–Crippen MR) is 102 cm³/mol. The Labute approximate surface area is 154 Å². The second kappa shape index (κ2) is 7.72. The Kier molecular flexibility index (Phi) is 5.40. The lowest BCUT2D eigenvalue weighted by Crippen LogP contribution is -2.33. The minimum Gasteiger partial charge on any atom is -0.347 e. The van der Waals surface area contributed by atoms with Crippen molar-refractivity contribution in [3.8, 4) is 0 Å². The van der Waals surface area contributed by atoms with Gasteiger partial charge in [-0.25, -0.2) is 4.98 Å². The second-order valence-corrected chi connectivity index (χ2v) is 6.93. The van der Waals surface area contributed by atoms with Crippen LogP contribution in [-0.2, 0) is 19.4 Å². The van der Waals surface area contributed by atoms with Crippen LogP contribution in [0.4, 0.5) is 5.69 Å². The van der Waals surface area contributed by atoms with Crippen LogP contribution in [0.25, 0.3) is 0 Å². The summed E-state index contributed by atoms with van der Waals surface area (Å²) in [4.78, 5) is 29.8. The maximum absolute atomic E-state index is 12.9. The van der Waals surface area contributed by atoms with E-state index in [0.717, 1.165) is 49.2 Å². The highest BCUT2D eigenvalue weighted by molar-refractivity contribution is 6.05. The number of benzene rings is 1. The van der Waals surface area contributed by atoms with Gasteiger partial charge in [-0.15, -0.1) is 0 Å². The van der Waals surface area contributed by atoms with Crippen molar-refractivity contribution in [2.45, 2.75) is 59.0 Å². The minimum atomic E-state index is -0.250. The highest BCUT2D eigenvalue weighted by Gasteiger charge is 2.27. The van der Waals surface area contributed by atoms with Crippen molar-refractivity contribution in [3.05, 3.63) is 47.0 Å². The molecule has 0 bridgehead atoms. The number of anilines is 1. The number of carbonyl (C=O) groups excluding carboxylic acids is 2. The largest absolute Gasteiger partial charge is 0.347 e. The number of fused-ring (bicyclic) bond motifs is 1. The molecule has 0 saturated heterocycles. The summed E-state index contributed by atoms with van der Waals surface area (Å²) in [6.45, 7) is 6.60. The number of aryl methyl sites for hydroxylation is 1. The third kappa shape index (κ3) is 3.64. The lowest BCUT2D eigenvalue weighted by Gasteiger charge is -2.17. The zero-order valence-electron chi connectivity index (χ0n) is 15.6. The normalized spacial score (nSPS) is 13.4. The first-order valence-corrected chi connectivity index (χ1v) is 9.30. The van der Waals surface area contributed by atoms with Crippen LogP contribution in [-0.4, -0.2) is 27.4 Å². The van der Waals surface area contributed by atoms with Crippen LogP contribution in [0, 0.1) is 0 Å². The van der Waals surface area contributed by atoms with Gasteiger partial charge in [-0.1, -0.05) is 25.1 Å². The van der Waals surface area contributed by atoms with E-state index < -0.39 is 0 Å². The van der Waals surface area contributed by atoms with Crippen LogP contribution in [0.1, 0.15) is 66.0 Å². The number of rotatable bonds is 5. The molecular formula is C20H26N4O2. The fourth-order valence-electron chi connectivity index (χ4n) is 3.36. The van der Waals surface area contributed by atoms with Gasteiger partial charge in [-0.3, -0.25) is 9.59 Å². The fraction of sp³-hybridized carbons (Fsp3) is 0.450. The summed E-state index contributed by atoms with van der Waals surface area (Å²) in [5.41, 5.74) is 3.10. The summed E-state index contributed by atoms with van der Waals surface area (Å²) in [6.07, 6.45) is 3.59. The van der Waals surface area contributed by atoms with Crippen molar-refractivity contribution in [1.29, 1.82) is 0 Å². The highest BCUT2D eigenvalue weighted by Crippen LogP contribution is 2.23. The van der Waals surface area contributed by atoms with Gasteiger partial charge in [0.1, 0.15) is 0 Å². The molecule has 2 heterocycles. The number of nitrogens with zero attached hydrogens (tertiary/aromatic N) is 2. The van der Waals surface area contributed by atoms with E-state index in [1.165, 1.54) is 0 Å². The Morgan fingerprint density at radius 2 is 1.96 bits per heavy atom. The van der Waals surface area contributed by atoms with Gasteiger partial charge >= 0.3 is 0 Å². The van der Waals surface area contributed by atoms with Crippen LogP contribution in [0.2, 0.25) is 0 Å². The fourth-order valence-corrected chi connectivity index (χ4v) is 3.36. The predicted octanol–water partition coefficient (Wildman–Crippen LogP) is 3.17. The number of nitrogens with one attached hydrogen (secondary N) is 2. The molecule has 26 heavy (non-hydrogen) atoms. The summed E-state index contributed by atoms with van der Waals surface area (Å²) in [6, 6.07) is 7.78. The van der Waals surface area contributed by atoms with Crippen LogP contribution in [0.3, 0.4) is 0 Å². The zero-order chi connectivity index (χ0) is 18.7. The molecule has 138 valence electrons. The van der Waals surface area contributed by atoms with Gasteiger partial charge < -0.3 is 15.2 Å². The summed E-state index contributed by atoms with van der Waals surface area (Å²) in [5, 5.41) is 5.85. The van der Waals surface area contributed by atoms with E-state index in [9.17, 15) is 9.59 Å². The molecular weight excluding hydrogens is 328 g/mol. The van der Waals surface area contributed by atoms with E-state index in [2.05, 4.69) is 22.5 Å². The number of carbonyl (C=O) groups is 2. The first-order valence-electron chi connectivity index (χ1n) is 9.30. The summed E-state index contributed by atoms with van der Waals surface area (Å²) in [7, 11) is 0. The van der Waals surface area contributed by atoms with Crippen molar-refractivity contribution in [2.24, 2.45) is 0 Å². The standard InChI is InChI=1S/C20H26N4O2/c1-4-14-9-5-6-10-15(14)22-19(25)17-16-11-7-8-12-24(16)18(23-17)20(26)21-13(2)3/h5-6,9-10,13H,4,7-8,11-12H2,1-3H3,(H,21,26)(H,22,25). The van der Waals surface area contributed by atoms with Gasteiger partial charge in [0.15, 0.2) is 11.5 Å². The molecule has 0 fully saturated rings. The second-order valence-electron chi connectivity index (χ2n) is 6.93. The van der Waals surface area contributed by atoms with E-state index in [1.54, 1.807) is 0 Å². The third-order valence-electron chi connectivity index (χ3n) is 4.60. The molecule has 2 amide bonds. The summed E-state index contributed by atoms with van der Waals surface area (Å²) in [5.74, 6) is -0.140. The monoisotopic (exact) mass is 354 g/mol. The number of hydrogen-bond donors (Lipinski definition) is 2. The minimum absolute atomic E-state index is 0.0211. The van der Waals surface area contributed by atoms with Crippen molar-refractivity contribution in [1.82, 2.24) is 14.9 Å². The van der Waals surface area contributed by atoms with Crippen LogP contribution < -0.4 is 10.6 Å². The smallest absolute Gasteiger partial charge is 0.287 e. The molecule has 1 aromatic carbocycles. The average Bonchev–Trinajstić information content (AvgIpc) is 3.01. The molecule has 6 heteroatoms. The van der Waals surface area contributed by atoms with E-state index in [1.807, 2.05) is 42.7 Å². The number of imidazole rings is 1. The molecule has 2 N–H and O–H groups in total. The molecule has 1 aliphatic heterocycles. The van der Waals surface area contributed by atoms with Crippen molar-refractivity contribution in [3.63, 3.8) is 0 Å². The van der Waals surface area contributed by atoms with Gasteiger partial charge in [-0.05, 0) is 51.2 Å². The van der Waals surface area contributed by atoms with Crippen molar-refractivity contribution in [2.75, 3.05) is 5.32 Å². The van der Waals surface area contributed by atoms with Crippen LogP contribution >= 0.6 is 0 Å². The van der Waals surface area contributed by atoms with Crippen molar-refractivity contribution >= 4 is 17.5 Å². The number of amides is 2. The van der Waals surface area contributed by atoms with E-state index in [4.69, 9.17) is 0 Å². The first kappa shape index (κ1) is 18.2. The number of hydrogen-bond acceptors (Lipinski definition) is 3. The van der Waals surface area contributed by atoms with E-state index in [-0.39, 0.29) is 17.9 Å². The molecule has 3 rings (SSSR count). The third-order valence-corrected chi connectivity index (χ3v) is 4.60. The van der Waals surface area contributed by atoms with Crippen molar-refractivity contribution < 1.29 is 9.59 Å². The molecule has 0 spiro atoms.